The maximum atomic E-state index is 12.8. The molecule has 0 saturated heterocycles. The minimum atomic E-state index is -4.45. The van der Waals surface area contributed by atoms with Crippen molar-refractivity contribution < 1.29 is 27.5 Å². The second kappa shape index (κ2) is 10.6. The van der Waals surface area contributed by atoms with Gasteiger partial charge in [-0.1, -0.05) is 24.6 Å². The van der Waals surface area contributed by atoms with Crippen LogP contribution in [0.5, 0.6) is 0 Å². The summed E-state index contributed by atoms with van der Waals surface area (Å²) >= 11 is 0. The van der Waals surface area contributed by atoms with E-state index in [4.69, 9.17) is 4.74 Å². The van der Waals surface area contributed by atoms with E-state index in [1.165, 1.54) is 18.2 Å². The molecule has 0 saturated carbocycles. The summed E-state index contributed by atoms with van der Waals surface area (Å²) in [6.07, 6.45) is -2.02. The van der Waals surface area contributed by atoms with E-state index in [1.54, 1.807) is 6.92 Å². The van der Waals surface area contributed by atoms with Crippen molar-refractivity contribution in [3.63, 3.8) is 0 Å². The fraction of sp³-hybridized carbons (Fsp3) is 0.529. The number of benzene rings is 1. The predicted molar refractivity (Wildman–Crippen MR) is 86.8 cm³/mol. The molecule has 0 atom stereocenters. The Kier molecular flexibility index (Phi) is 8.80. The lowest BCUT2D eigenvalue weighted by molar-refractivity contribution is -0.143. The first-order valence-electron chi connectivity index (χ1n) is 8.17. The zero-order chi connectivity index (χ0) is 18.7. The van der Waals surface area contributed by atoms with Crippen molar-refractivity contribution >= 4 is 12.0 Å². The van der Waals surface area contributed by atoms with Crippen LogP contribution in [0.2, 0.25) is 0 Å². The maximum Gasteiger partial charge on any atom is 0.416 e. The van der Waals surface area contributed by atoms with Crippen LogP contribution >= 0.6 is 0 Å². The number of carbonyl (C=O) groups excluding carboxylic acids is 2. The van der Waals surface area contributed by atoms with Gasteiger partial charge in [0.25, 0.3) is 0 Å². The second-order valence-electron chi connectivity index (χ2n) is 5.38. The molecule has 2 N–H and O–H groups in total. The number of alkyl halides is 3. The van der Waals surface area contributed by atoms with E-state index in [1.807, 2.05) is 0 Å². The van der Waals surface area contributed by atoms with Crippen molar-refractivity contribution in [2.24, 2.45) is 0 Å². The first-order chi connectivity index (χ1) is 11.8. The van der Waals surface area contributed by atoms with Gasteiger partial charge in [0.1, 0.15) is 0 Å². The molecule has 1 rings (SSSR count). The number of nitrogens with one attached hydrogen (secondary N) is 2. The smallest absolute Gasteiger partial charge is 0.416 e. The van der Waals surface area contributed by atoms with Gasteiger partial charge in [-0.25, -0.2) is 4.79 Å². The molecular weight excluding hydrogens is 337 g/mol. The van der Waals surface area contributed by atoms with E-state index in [2.05, 4.69) is 10.6 Å². The first kappa shape index (κ1) is 20.8. The SMILES string of the molecule is CCOC(=O)CCCCCNC(=O)NCc1ccccc1C(F)(F)F. The van der Waals surface area contributed by atoms with E-state index in [-0.39, 0.29) is 18.1 Å². The van der Waals surface area contributed by atoms with Crippen LogP contribution in [0, 0.1) is 0 Å². The van der Waals surface area contributed by atoms with E-state index in [0.717, 1.165) is 12.5 Å². The second-order valence-corrected chi connectivity index (χ2v) is 5.38. The Morgan fingerprint density at radius 3 is 2.48 bits per heavy atom. The van der Waals surface area contributed by atoms with Gasteiger partial charge in [-0.2, -0.15) is 13.2 Å². The number of ether oxygens (including phenoxy) is 1. The van der Waals surface area contributed by atoms with Gasteiger partial charge in [-0.3, -0.25) is 4.79 Å². The maximum absolute atomic E-state index is 12.8. The molecule has 140 valence electrons. The van der Waals surface area contributed by atoms with Crippen LogP contribution in [0.15, 0.2) is 24.3 Å². The molecule has 25 heavy (non-hydrogen) atoms. The quantitative estimate of drug-likeness (QED) is 0.522. The highest BCUT2D eigenvalue weighted by atomic mass is 19.4. The van der Waals surface area contributed by atoms with Gasteiger partial charge in [0.05, 0.1) is 12.2 Å². The van der Waals surface area contributed by atoms with Crippen LogP contribution in [-0.2, 0) is 22.3 Å². The summed E-state index contributed by atoms with van der Waals surface area (Å²) in [6, 6.07) is 4.59. The van der Waals surface area contributed by atoms with E-state index < -0.39 is 17.8 Å². The van der Waals surface area contributed by atoms with Crippen LogP contribution in [0.4, 0.5) is 18.0 Å². The predicted octanol–water partition coefficient (Wildman–Crippen LogP) is 3.63. The summed E-state index contributed by atoms with van der Waals surface area (Å²) in [5.41, 5.74) is -0.742. The topological polar surface area (TPSA) is 67.4 Å². The van der Waals surface area contributed by atoms with Crippen molar-refractivity contribution in [2.75, 3.05) is 13.2 Å². The number of carbonyl (C=O) groups is 2. The Bertz CT molecular complexity index is 562. The number of hydrogen-bond donors (Lipinski definition) is 2. The zero-order valence-corrected chi connectivity index (χ0v) is 14.1. The van der Waals surface area contributed by atoms with E-state index in [0.29, 0.717) is 32.4 Å². The zero-order valence-electron chi connectivity index (χ0n) is 14.1. The van der Waals surface area contributed by atoms with Crippen LogP contribution in [-0.4, -0.2) is 25.2 Å². The third-order valence-corrected chi connectivity index (χ3v) is 3.41. The summed E-state index contributed by atoms with van der Waals surface area (Å²) in [5, 5.41) is 4.99. The number of urea groups is 1. The van der Waals surface area contributed by atoms with Crippen LogP contribution in [0.1, 0.15) is 43.7 Å². The van der Waals surface area contributed by atoms with Crippen LogP contribution < -0.4 is 10.6 Å². The van der Waals surface area contributed by atoms with Crippen molar-refractivity contribution in [3.05, 3.63) is 35.4 Å². The molecule has 0 aliphatic heterocycles. The molecule has 1 aromatic carbocycles. The fourth-order valence-corrected chi connectivity index (χ4v) is 2.20. The molecule has 1 aromatic rings. The molecule has 0 aromatic heterocycles. The monoisotopic (exact) mass is 360 g/mol. The van der Waals surface area contributed by atoms with E-state index in [9.17, 15) is 22.8 Å². The van der Waals surface area contributed by atoms with Crippen LogP contribution in [0.25, 0.3) is 0 Å². The summed E-state index contributed by atoms with van der Waals surface area (Å²) < 4.78 is 43.3. The molecule has 0 radical (unpaired) electrons. The Morgan fingerprint density at radius 2 is 1.80 bits per heavy atom. The third-order valence-electron chi connectivity index (χ3n) is 3.41. The Morgan fingerprint density at radius 1 is 1.08 bits per heavy atom. The van der Waals surface area contributed by atoms with Crippen molar-refractivity contribution in [1.82, 2.24) is 10.6 Å². The molecular formula is C17H23F3N2O3. The number of hydrogen-bond acceptors (Lipinski definition) is 3. The largest absolute Gasteiger partial charge is 0.466 e. The minimum absolute atomic E-state index is 0.0135. The lowest BCUT2D eigenvalue weighted by atomic mass is 10.1. The van der Waals surface area contributed by atoms with Crippen molar-refractivity contribution in [2.45, 2.75) is 45.3 Å². The molecule has 0 bridgehead atoms. The summed E-state index contributed by atoms with van der Waals surface area (Å²) in [6.45, 7) is 2.28. The standard InChI is InChI=1S/C17H23F3N2O3/c1-2-25-15(23)10-4-3-7-11-21-16(24)22-12-13-8-5-6-9-14(13)17(18,19)20/h5-6,8-9H,2-4,7,10-12H2,1H3,(H2,21,22,24). The average Bonchev–Trinajstić information content (AvgIpc) is 2.55. The highest BCUT2D eigenvalue weighted by Crippen LogP contribution is 2.31. The number of amides is 2. The summed E-state index contributed by atoms with van der Waals surface area (Å²) in [7, 11) is 0. The Balaban J connectivity index is 2.23. The van der Waals surface area contributed by atoms with Gasteiger partial charge in [0, 0.05) is 19.5 Å². The highest BCUT2D eigenvalue weighted by Gasteiger charge is 2.32. The average molecular weight is 360 g/mol. The highest BCUT2D eigenvalue weighted by molar-refractivity contribution is 5.73. The molecule has 5 nitrogen and oxygen atoms in total. The van der Waals surface area contributed by atoms with E-state index >= 15 is 0 Å². The number of halogens is 3. The van der Waals surface area contributed by atoms with Gasteiger partial charge in [-0.15, -0.1) is 0 Å². The minimum Gasteiger partial charge on any atom is -0.466 e. The summed E-state index contributed by atoms with van der Waals surface area (Å²) in [4.78, 5) is 22.7. The normalized spacial score (nSPS) is 11.0. The molecule has 0 aliphatic carbocycles. The van der Waals surface area contributed by atoms with Gasteiger partial charge >= 0.3 is 18.2 Å². The number of esters is 1. The molecule has 0 aliphatic rings. The Labute approximate surface area is 144 Å². The van der Waals surface area contributed by atoms with Crippen molar-refractivity contribution in [1.29, 1.82) is 0 Å². The number of rotatable bonds is 9. The number of unbranched alkanes of at least 4 members (excludes halogenated alkanes) is 2. The van der Waals surface area contributed by atoms with Gasteiger partial charge in [0.15, 0.2) is 0 Å². The molecule has 2 amide bonds. The lowest BCUT2D eigenvalue weighted by Crippen LogP contribution is -2.36. The molecule has 8 heteroatoms. The third kappa shape index (κ3) is 8.42. The van der Waals surface area contributed by atoms with Gasteiger partial charge in [0.2, 0.25) is 0 Å². The van der Waals surface area contributed by atoms with Crippen molar-refractivity contribution in [3.8, 4) is 0 Å². The first-order valence-corrected chi connectivity index (χ1v) is 8.17. The summed E-state index contributed by atoms with van der Waals surface area (Å²) in [5.74, 6) is -0.239. The lowest BCUT2D eigenvalue weighted by Gasteiger charge is -2.13. The molecule has 0 spiro atoms. The van der Waals surface area contributed by atoms with Gasteiger partial charge < -0.3 is 15.4 Å². The fourth-order valence-electron chi connectivity index (χ4n) is 2.20. The molecule has 0 unspecified atom stereocenters. The Hall–Kier alpha value is -2.25. The van der Waals surface area contributed by atoms with Gasteiger partial charge in [-0.05, 0) is 31.4 Å². The van der Waals surface area contributed by atoms with Crippen LogP contribution in [0.3, 0.4) is 0 Å². The molecule has 0 heterocycles. The molecule has 0 fully saturated rings.